The van der Waals surface area contributed by atoms with Gasteiger partial charge in [-0.1, -0.05) is 6.07 Å². The summed E-state index contributed by atoms with van der Waals surface area (Å²) in [5, 5.41) is 15.8. The van der Waals surface area contributed by atoms with Crippen molar-refractivity contribution < 1.29 is 0 Å². The Morgan fingerprint density at radius 2 is 2.15 bits per heavy atom. The fourth-order valence-corrected chi connectivity index (χ4v) is 2.37. The highest BCUT2D eigenvalue weighted by atomic mass is 15.2. The maximum absolute atomic E-state index is 4.33. The molecule has 0 aliphatic rings. The molecule has 20 heavy (non-hydrogen) atoms. The summed E-state index contributed by atoms with van der Waals surface area (Å²) in [4.78, 5) is 0. The Labute approximate surface area is 115 Å². The molecule has 4 rings (SSSR count). The number of anilines is 1. The van der Waals surface area contributed by atoms with Gasteiger partial charge in [0.15, 0.2) is 0 Å². The monoisotopic (exact) mass is 263 g/mol. The lowest BCUT2D eigenvalue weighted by Crippen LogP contribution is -1.98. The average Bonchev–Trinajstić information content (AvgIpc) is 3.11. The third-order valence-corrected chi connectivity index (χ3v) is 3.43. The summed E-state index contributed by atoms with van der Waals surface area (Å²) in [7, 11) is 0. The Balaban J connectivity index is 1.60. The van der Waals surface area contributed by atoms with Crippen LogP contribution in [0.4, 0.5) is 5.69 Å². The highest BCUT2D eigenvalue weighted by Crippen LogP contribution is 2.18. The molecule has 0 radical (unpaired) electrons. The Hall–Kier alpha value is -2.82. The van der Waals surface area contributed by atoms with Crippen LogP contribution in [0.25, 0.3) is 16.4 Å². The highest BCUT2D eigenvalue weighted by molar-refractivity contribution is 5.81. The number of nitrogens with one attached hydrogen (secondary N) is 2. The summed E-state index contributed by atoms with van der Waals surface area (Å²) in [5.41, 5.74) is 4.43. The van der Waals surface area contributed by atoms with E-state index in [2.05, 4.69) is 32.7 Å². The van der Waals surface area contributed by atoms with E-state index in [1.54, 1.807) is 0 Å². The zero-order valence-corrected chi connectivity index (χ0v) is 10.7. The van der Waals surface area contributed by atoms with Gasteiger partial charge >= 0.3 is 0 Å². The number of benzene rings is 1. The van der Waals surface area contributed by atoms with Gasteiger partial charge in [-0.15, -0.1) is 0 Å². The molecule has 0 amide bonds. The number of nitrogens with zero attached hydrogens (tertiary/aromatic N) is 3. The van der Waals surface area contributed by atoms with Crippen molar-refractivity contribution in [1.82, 2.24) is 19.8 Å². The molecule has 0 spiro atoms. The maximum Gasteiger partial charge on any atom is 0.0711 e. The third kappa shape index (κ3) is 1.80. The molecule has 2 N–H and O–H groups in total. The first-order valence-corrected chi connectivity index (χ1v) is 6.48. The van der Waals surface area contributed by atoms with Crippen LogP contribution >= 0.6 is 0 Å². The van der Waals surface area contributed by atoms with Gasteiger partial charge in [0.2, 0.25) is 0 Å². The lowest BCUT2D eigenvalue weighted by atomic mass is 10.2. The van der Waals surface area contributed by atoms with E-state index < -0.39 is 0 Å². The van der Waals surface area contributed by atoms with Crippen LogP contribution in [0, 0.1) is 0 Å². The van der Waals surface area contributed by atoms with Gasteiger partial charge in [0.05, 0.1) is 23.4 Å². The average molecular weight is 263 g/mol. The van der Waals surface area contributed by atoms with Crippen molar-refractivity contribution in [2.45, 2.75) is 6.54 Å². The Morgan fingerprint density at radius 1 is 1.15 bits per heavy atom. The van der Waals surface area contributed by atoms with Crippen LogP contribution in [0.2, 0.25) is 0 Å². The van der Waals surface area contributed by atoms with Crippen molar-refractivity contribution in [2.75, 3.05) is 5.32 Å². The second-order valence-electron chi connectivity index (χ2n) is 4.73. The van der Waals surface area contributed by atoms with E-state index in [4.69, 9.17) is 0 Å². The van der Waals surface area contributed by atoms with Gasteiger partial charge in [-0.05, 0) is 30.3 Å². The van der Waals surface area contributed by atoms with Crippen LogP contribution in [-0.4, -0.2) is 19.8 Å². The first kappa shape index (κ1) is 11.0. The quantitative estimate of drug-likeness (QED) is 0.597. The van der Waals surface area contributed by atoms with E-state index in [1.165, 1.54) is 5.56 Å². The predicted molar refractivity (Wildman–Crippen MR) is 78.6 cm³/mol. The molecule has 0 atom stereocenters. The van der Waals surface area contributed by atoms with Crippen molar-refractivity contribution in [1.29, 1.82) is 0 Å². The zero-order chi connectivity index (χ0) is 13.4. The number of aromatic nitrogens is 4. The lowest BCUT2D eigenvalue weighted by molar-refractivity contribution is 0.961. The smallest absolute Gasteiger partial charge is 0.0711 e. The molecular formula is C15H13N5. The first-order valence-electron chi connectivity index (χ1n) is 6.48. The molecule has 0 unspecified atom stereocenters. The zero-order valence-electron chi connectivity index (χ0n) is 10.7. The molecule has 3 aromatic heterocycles. The van der Waals surface area contributed by atoms with Gasteiger partial charge in [0.25, 0.3) is 0 Å². The van der Waals surface area contributed by atoms with E-state index >= 15 is 0 Å². The van der Waals surface area contributed by atoms with Gasteiger partial charge in [-0.3, -0.25) is 5.10 Å². The summed E-state index contributed by atoms with van der Waals surface area (Å²) in [5.74, 6) is 0. The summed E-state index contributed by atoms with van der Waals surface area (Å²) in [6, 6.07) is 12.2. The summed E-state index contributed by atoms with van der Waals surface area (Å²) < 4.78 is 1.89. The minimum absolute atomic E-state index is 0.747. The molecule has 3 heterocycles. The van der Waals surface area contributed by atoms with E-state index in [9.17, 15) is 0 Å². The second-order valence-corrected chi connectivity index (χ2v) is 4.73. The second kappa shape index (κ2) is 4.38. The van der Waals surface area contributed by atoms with Crippen LogP contribution in [0.5, 0.6) is 0 Å². The molecule has 0 aliphatic heterocycles. The van der Waals surface area contributed by atoms with E-state index in [0.717, 1.165) is 28.7 Å². The van der Waals surface area contributed by atoms with Crippen LogP contribution in [0.15, 0.2) is 55.0 Å². The minimum Gasteiger partial charge on any atom is -0.381 e. The molecule has 0 saturated heterocycles. The highest BCUT2D eigenvalue weighted by Gasteiger charge is 2.03. The van der Waals surface area contributed by atoms with Crippen LogP contribution in [0.1, 0.15) is 5.56 Å². The SMILES string of the molecule is c1ccn2ncc(CNc3ccc4[nH]ncc4c3)c2c1. The minimum atomic E-state index is 0.747. The number of aromatic amines is 1. The molecule has 4 aromatic rings. The van der Waals surface area contributed by atoms with Gasteiger partial charge in [0.1, 0.15) is 0 Å². The molecule has 0 saturated carbocycles. The van der Waals surface area contributed by atoms with Crippen molar-refractivity contribution in [3.63, 3.8) is 0 Å². The van der Waals surface area contributed by atoms with Crippen molar-refractivity contribution >= 4 is 22.1 Å². The summed E-state index contributed by atoms with van der Waals surface area (Å²) in [6.45, 7) is 0.747. The van der Waals surface area contributed by atoms with E-state index in [0.29, 0.717) is 0 Å². The van der Waals surface area contributed by atoms with Crippen LogP contribution < -0.4 is 5.32 Å². The number of hydrogen-bond donors (Lipinski definition) is 2. The number of rotatable bonds is 3. The topological polar surface area (TPSA) is 58.0 Å². The van der Waals surface area contributed by atoms with Crippen molar-refractivity contribution in [3.8, 4) is 0 Å². The third-order valence-electron chi connectivity index (χ3n) is 3.43. The van der Waals surface area contributed by atoms with E-state index in [-0.39, 0.29) is 0 Å². The number of H-pyrrole nitrogens is 1. The molecule has 0 aliphatic carbocycles. The Kier molecular flexibility index (Phi) is 2.42. The Bertz CT molecular complexity index is 874. The lowest BCUT2D eigenvalue weighted by Gasteiger charge is -2.05. The molecule has 0 fully saturated rings. The maximum atomic E-state index is 4.33. The van der Waals surface area contributed by atoms with E-state index in [1.807, 2.05) is 47.4 Å². The summed E-state index contributed by atoms with van der Waals surface area (Å²) in [6.07, 6.45) is 5.69. The van der Waals surface area contributed by atoms with Gasteiger partial charge in [-0.25, -0.2) is 4.52 Å². The fraction of sp³-hybridized carbons (Fsp3) is 0.0667. The molecule has 98 valence electrons. The van der Waals surface area contributed by atoms with Crippen molar-refractivity contribution in [2.24, 2.45) is 0 Å². The predicted octanol–water partition coefficient (Wildman–Crippen LogP) is 2.82. The molecule has 0 bridgehead atoms. The normalized spacial score (nSPS) is 11.2. The summed E-state index contributed by atoms with van der Waals surface area (Å²) >= 11 is 0. The molecule has 1 aromatic carbocycles. The van der Waals surface area contributed by atoms with Crippen LogP contribution in [-0.2, 0) is 6.54 Å². The van der Waals surface area contributed by atoms with Gasteiger partial charge in [-0.2, -0.15) is 10.2 Å². The molecule has 5 nitrogen and oxygen atoms in total. The van der Waals surface area contributed by atoms with Gasteiger partial charge in [0, 0.05) is 29.4 Å². The molecule has 5 heteroatoms. The fourth-order valence-electron chi connectivity index (χ4n) is 2.37. The van der Waals surface area contributed by atoms with Crippen LogP contribution in [0.3, 0.4) is 0 Å². The van der Waals surface area contributed by atoms with Gasteiger partial charge < -0.3 is 5.32 Å². The number of fused-ring (bicyclic) bond motifs is 2. The number of pyridine rings is 1. The number of hydrogen-bond acceptors (Lipinski definition) is 3. The first-order chi connectivity index (χ1) is 9.90. The standard InChI is InChI=1S/C15H13N5/c1-2-6-20-15(3-1)12(10-18-20)8-16-13-4-5-14-11(7-13)9-17-19-14/h1-7,9-10,16H,8H2,(H,17,19). The Morgan fingerprint density at radius 3 is 3.15 bits per heavy atom. The molecular weight excluding hydrogens is 250 g/mol. The largest absolute Gasteiger partial charge is 0.381 e. The van der Waals surface area contributed by atoms with Crippen molar-refractivity contribution in [3.05, 3.63) is 60.6 Å².